The molecule has 4 rings (SSSR count). The lowest BCUT2D eigenvalue weighted by Gasteiger charge is -2.37. The number of methoxy groups -OCH3 is 2. The molecule has 0 saturated heterocycles. The Labute approximate surface area is 147 Å². The zero-order valence-corrected chi connectivity index (χ0v) is 14.7. The summed E-state index contributed by atoms with van der Waals surface area (Å²) in [5.41, 5.74) is 2.74. The second-order valence-corrected chi connectivity index (χ2v) is 6.91. The van der Waals surface area contributed by atoms with Crippen molar-refractivity contribution in [2.45, 2.75) is 44.3 Å². The number of carbonyl (C=O) groups excluding carboxylic acids is 1. The fourth-order valence-electron chi connectivity index (χ4n) is 4.21. The van der Waals surface area contributed by atoms with Crippen LogP contribution in [-0.2, 0) is 20.7 Å². The summed E-state index contributed by atoms with van der Waals surface area (Å²) in [5, 5.41) is 0. The highest BCUT2D eigenvalue weighted by Crippen LogP contribution is 2.43. The molecule has 3 aliphatic rings. The molecular weight excluding hydrogens is 320 g/mol. The number of rotatable bonds is 3. The predicted molar refractivity (Wildman–Crippen MR) is 91.9 cm³/mol. The molecule has 3 unspecified atom stereocenters. The third-order valence-corrected chi connectivity index (χ3v) is 5.56. The third-order valence-electron chi connectivity index (χ3n) is 5.56. The lowest BCUT2D eigenvalue weighted by Crippen LogP contribution is -2.39. The van der Waals surface area contributed by atoms with Crippen molar-refractivity contribution in [3.63, 3.8) is 0 Å². The minimum absolute atomic E-state index is 0.0251. The summed E-state index contributed by atoms with van der Waals surface area (Å²) in [6, 6.07) is 3.92. The van der Waals surface area contributed by atoms with E-state index in [1.807, 2.05) is 12.1 Å². The molecule has 1 aromatic rings. The number of ether oxygens (including phenoxy) is 4. The molecule has 1 saturated carbocycles. The minimum atomic E-state index is -0.390. The number of hydrogen-bond acceptors (Lipinski definition) is 5. The summed E-state index contributed by atoms with van der Waals surface area (Å²) in [7, 11) is 3.25. The maximum absolute atomic E-state index is 13.1. The van der Waals surface area contributed by atoms with E-state index in [1.54, 1.807) is 20.5 Å². The quantitative estimate of drug-likeness (QED) is 0.841. The van der Waals surface area contributed by atoms with Crippen molar-refractivity contribution in [2.75, 3.05) is 20.8 Å². The molecule has 2 heterocycles. The monoisotopic (exact) mass is 344 g/mol. The van der Waals surface area contributed by atoms with Gasteiger partial charge >= 0.3 is 0 Å². The van der Waals surface area contributed by atoms with E-state index < -0.39 is 0 Å². The van der Waals surface area contributed by atoms with Crippen LogP contribution < -0.4 is 9.47 Å². The highest BCUT2D eigenvalue weighted by molar-refractivity contribution is 5.99. The number of carbonyl (C=O) groups is 1. The summed E-state index contributed by atoms with van der Waals surface area (Å²) in [6.45, 7) is 0.575. The third kappa shape index (κ3) is 2.80. The number of Topliss-reactive ketones (excluding diaryl/α,β-unsaturated/α-hetero) is 1. The van der Waals surface area contributed by atoms with Gasteiger partial charge in [0.2, 0.25) is 0 Å². The minimum Gasteiger partial charge on any atom is -0.497 e. The van der Waals surface area contributed by atoms with Gasteiger partial charge in [-0.2, -0.15) is 0 Å². The molecule has 25 heavy (non-hydrogen) atoms. The summed E-state index contributed by atoms with van der Waals surface area (Å²) in [4.78, 5) is 13.1. The summed E-state index contributed by atoms with van der Waals surface area (Å²) >= 11 is 0. The van der Waals surface area contributed by atoms with Crippen molar-refractivity contribution in [2.24, 2.45) is 5.92 Å². The molecule has 3 atom stereocenters. The molecule has 134 valence electrons. The van der Waals surface area contributed by atoms with Crippen LogP contribution in [-0.4, -0.2) is 32.7 Å². The summed E-state index contributed by atoms with van der Waals surface area (Å²) in [5.74, 6) is 1.51. The van der Waals surface area contributed by atoms with Gasteiger partial charge in [0, 0.05) is 0 Å². The Morgan fingerprint density at radius 2 is 1.84 bits per heavy atom. The van der Waals surface area contributed by atoms with Gasteiger partial charge in [-0.05, 0) is 48.9 Å². The highest BCUT2D eigenvalue weighted by atomic mass is 16.5. The van der Waals surface area contributed by atoms with E-state index in [4.69, 9.17) is 18.9 Å². The molecule has 0 N–H and O–H groups in total. The van der Waals surface area contributed by atoms with Crippen molar-refractivity contribution in [1.82, 2.24) is 0 Å². The zero-order chi connectivity index (χ0) is 17.4. The van der Waals surface area contributed by atoms with E-state index >= 15 is 0 Å². The van der Waals surface area contributed by atoms with Crippen LogP contribution in [0.4, 0.5) is 0 Å². The summed E-state index contributed by atoms with van der Waals surface area (Å²) in [6.07, 6.45) is 6.19. The van der Waals surface area contributed by atoms with Crippen molar-refractivity contribution in [1.29, 1.82) is 0 Å². The van der Waals surface area contributed by atoms with Crippen LogP contribution >= 0.6 is 0 Å². The average Bonchev–Trinajstić information content (AvgIpc) is 2.67. The molecule has 1 aliphatic carbocycles. The van der Waals surface area contributed by atoms with E-state index in [-0.39, 0.29) is 23.9 Å². The van der Waals surface area contributed by atoms with Gasteiger partial charge in [0.15, 0.2) is 17.3 Å². The van der Waals surface area contributed by atoms with Crippen LogP contribution in [0.1, 0.15) is 42.9 Å². The Hall–Kier alpha value is -2.01. The molecular formula is C20H24O5. The Bertz CT molecular complexity index is 708. The molecule has 0 spiro atoms. The van der Waals surface area contributed by atoms with Crippen molar-refractivity contribution >= 4 is 5.78 Å². The highest BCUT2D eigenvalue weighted by Gasteiger charge is 2.41. The van der Waals surface area contributed by atoms with E-state index in [0.29, 0.717) is 23.7 Å². The smallest absolute Gasteiger partial charge is 0.171 e. The average molecular weight is 344 g/mol. The topological polar surface area (TPSA) is 54.0 Å². The van der Waals surface area contributed by atoms with E-state index in [0.717, 1.165) is 43.2 Å². The molecule has 0 bridgehead atoms. The number of hydrogen-bond donors (Lipinski definition) is 0. The Morgan fingerprint density at radius 3 is 2.64 bits per heavy atom. The molecule has 0 aromatic heterocycles. The van der Waals surface area contributed by atoms with Gasteiger partial charge in [0.25, 0.3) is 0 Å². The van der Waals surface area contributed by atoms with Crippen molar-refractivity contribution < 1.29 is 23.7 Å². The first-order valence-corrected chi connectivity index (χ1v) is 8.99. The van der Waals surface area contributed by atoms with Gasteiger partial charge in [0.05, 0.1) is 38.6 Å². The van der Waals surface area contributed by atoms with Gasteiger partial charge in [-0.1, -0.05) is 6.42 Å². The van der Waals surface area contributed by atoms with Crippen LogP contribution in [0.25, 0.3) is 0 Å². The maximum Gasteiger partial charge on any atom is 0.171 e. The second-order valence-electron chi connectivity index (χ2n) is 6.91. The lowest BCUT2D eigenvalue weighted by molar-refractivity contribution is -0.129. The normalized spacial score (nSPS) is 28.3. The molecule has 1 aromatic carbocycles. The first-order chi connectivity index (χ1) is 12.2. The maximum atomic E-state index is 13.1. The molecule has 0 radical (unpaired) electrons. The van der Waals surface area contributed by atoms with Gasteiger partial charge in [-0.25, -0.2) is 0 Å². The first kappa shape index (κ1) is 16.5. The molecule has 0 amide bonds. The van der Waals surface area contributed by atoms with Crippen molar-refractivity contribution in [3.8, 4) is 11.5 Å². The largest absolute Gasteiger partial charge is 0.497 e. The van der Waals surface area contributed by atoms with Crippen molar-refractivity contribution in [3.05, 3.63) is 35.1 Å². The molecule has 5 nitrogen and oxygen atoms in total. The predicted octanol–water partition coefficient (Wildman–Crippen LogP) is 3.36. The zero-order valence-electron chi connectivity index (χ0n) is 14.7. The van der Waals surface area contributed by atoms with Crippen LogP contribution in [0.2, 0.25) is 0 Å². The Balaban J connectivity index is 1.71. The SMILES string of the molecule is COc1cc2c(cc1OC)C(C1=COC3CCCCC3C1=O)OCC2. The van der Waals surface area contributed by atoms with Gasteiger partial charge in [0.1, 0.15) is 12.2 Å². The van der Waals surface area contributed by atoms with E-state index in [1.165, 1.54) is 0 Å². The van der Waals surface area contributed by atoms with E-state index in [2.05, 4.69) is 0 Å². The standard InChI is InChI=1S/C20H24O5/c1-22-17-9-12-7-8-24-20(14(12)10-18(17)23-2)15-11-25-16-6-4-3-5-13(16)19(15)21/h9-11,13,16,20H,3-8H2,1-2H3. The lowest BCUT2D eigenvalue weighted by atomic mass is 9.78. The Morgan fingerprint density at radius 1 is 1.08 bits per heavy atom. The fraction of sp³-hybridized carbons (Fsp3) is 0.550. The van der Waals surface area contributed by atoms with Crippen LogP contribution in [0.3, 0.4) is 0 Å². The van der Waals surface area contributed by atoms with Crippen LogP contribution in [0, 0.1) is 5.92 Å². The summed E-state index contributed by atoms with van der Waals surface area (Å²) < 4.78 is 22.8. The van der Waals surface area contributed by atoms with Crippen LogP contribution in [0.5, 0.6) is 11.5 Å². The van der Waals surface area contributed by atoms with Gasteiger partial charge in [-0.3, -0.25) is 4.79 Å². The molecule has 2 aliphatic heterocycles. The first-order valence-electron chi connectivity index (χ1n) is 8.99. The number of fused-ring (bicyclic) bond motifs is 2. The van der Waals surface area contributed by atoms with Gasteiger partial charge in [-0.15, -0.1) is 0 Å². The number of benzene rings is 1. The van der Waals surface area contributed by atoms with Gasteiger partial charge < -0.3 is 18.9 Å². The Kier molecular flexibility index (Phi) is 4.42. The fourth-order valence-corrected chi connectivity index (χ4v) is 4.21. The van der Waals surface area contributed by atoms with E-state index in [9.17, 15) is 4.79 Å². The number of ketones is 1. The molecule has 5 heteroatoms. The van der Waals surface area contributed by atoms with Crippen LogP contribution in [0.15, 0.2) is 24.0 Å². The second kappa shape index (κ2) is 6.71. The molecule has 1 fully saturated rings.